The Hall–Kier alpha value is -7.00. The number of nitrogens with zero attached hydrogens (tertiary/aromatic N) is 1. The van der Waals surface area contributed by atoms with E-state index in [1.807, 2.05) is 0 Å². The van der Waals surface area contributed by atoms with E-state index in [1.54, 1.807) is 0 Å². The number of nitrogens with one attached hydrogen (secondary N) is 3. The molecule has 688 valence electrons. The lowest BCUT2D eigenvalue weighted by molar-refractivity contribution is 0.125. The van der Waals surface area contributed by atoms with E-state index in [4.69, 9.17) is 65.4 Å². The predicted octanol–water partition coefficient (Wildman–Crippen LogP) is 14.5. The van der Waals surface area contributed by atoms with Crippen molar-refractivity contribution in [2.45, 2.75) is 156 Å². The number of hydrogen-bond acceptors (Lipinski definition) is 20. The zero-order valence-electron chi connectivity index (χ0n) is 67.7. The fraction of sp³-hybridized carbons (Fsp3) is 0.422. The molecule has 0 bridgehead atoms. The molecule has 24 nitrogen and oxygen atoms in total. The first-order chi connectivity index (χ1) is 59.6. The summed E-state index contributed by atoms with van der Waals surface area (Å²) in [5, 5.41) is -2.17. The average molecular weight is 2010 g/mol. The second-order valence-electron chi connectivity index (χ2n) is 32.7. The molecule has 8 aromatic carbocycles. The van der Waals surface area contributed by atoms with Crippen LogP contribution < -0.4 is 33.1 Å². The Morgan fingerprint density at radius 1 is 0.307 bits per heavy atom. The first-order valence-corrected chi connectivity index (χ1v) is 53.4. The largest absolute Gasteiger partial charge is 0.490 e. The topological polar surface area (TPSA) is 349 Å². The number of fused-ring (bicyclic) bond motifs is 12. The molecule has 5 aliphatic carbocycles. The van der Waals surface area contributed by atoms with Gasteiger partial charge in [-0.1, -0.05) is 46.4 Å². The third-order valence-electron chi connectivity index (χ3n) is 26.0. The van der Waals surface area contributed by atoms with Gasteiger partial charge in [0.2, 0.25) is 40.1 Å². The Bertz CT molecular complexity index is 6440. The molecule has 3 N–H and O–H groups in total. The number of sulfonamides is 4. The van der Waals surface area contributed by atoms with Crippen LogP contribution in [-0.2, 0) is 98.4 Å². The van der Waals surface area contributed by atoms with Crippen LogP contribution in [0.15, 0.2) is 165 Å². The van der Waals surface area contributed by atoms with Crippen LogP contribution >= 0.6 is 46.4 Å². The summed E-state index contributed by atoms with van der Waals surface area (Å²) < 4.78 is 355. The molecular formula is C83H84Cl4F8N4O20S8. The van der Waals surface area contributed by atoms with Crippen LogP contribution in [0, 0.1) is 70.2 Å². The van der Waals surface area contributed by atoms with Gasteiger partial charge in [-0.3, -0.25) is 0 Å². The highest BCUT2D eigenvalue weighted by atomic mass is 35.5. The molecule has 0 unspecified atom stereocenters. The van der Waals surface area contributed by atoms with Crippen molar-refractivity contribution in [2.24, 2.45) is 23.7 Å². The Kier molecular flexibility index (Phi) is 26.9. The SMILES string of the molecule is CN(C)S(=O)(=O)[C@H]1CC[C@@]2(S(=O)(=O)c3ccc(Cl)cc3)c3c(F)ccc(F)c3OC[C@H]2C1.CNS(=O)(=O)[C@@H]1CC[C@@]2(S(=O)(=O)c3ccc(Cl)cc3)c3c(F)ccc(F)c3OC[C@H]2C1.CNS(=O)(=O)[C@H]1CC[C@@]2(S(=O)(=O)c3ccc(Cl)cc3)c3c(F)ccc(F)c3OC[C@H]2C1.O=S(=O)(NC1CC1)[C@H]1CC[C@@]2(S(=O)(=O)c3ccc(Cl)cc3)c3c(F)ccc(F)c3OC[C@H]2C1. The summed E-state index contributed by atoms with van der Waals surface area (Å²) >= 11 is 23.6. The van der Waals surface area contributed by atoms with Crippen molar-refractivity contribution in [1.29, 1.82) is 0 Å². The Morgan fingerprint density at radius 2 is 0.520 bits per heavy atom. The summed E-state index contributed by atoms with van der Waals surface area (Å²) in [6, 6.07) is 28.8. The summed E-state index contributed by atoms with van der Waals surface area (Å²) in [7, 11) is -26.6. The Morgan fingerprint density at radius 3 is 0.740 bits per heavy atom. The zero-order chi connectivity index (χ0) is 92.3. The lowest BCUT2D eigenvalue weighted by Gasteiger charge is -2.49. The van der Waals surface area contributed by atoms with Crippen molar-refractivity contribution >= 4 is 126 Å². The molecule has 0 spiro atoms. The second kappa shape index (κ2) is 35.5. The molecule has 5 fully saturated rings. The van der Waals surface area contributed by atoms with E-state index in [0.29, 0.717) is 20.1 Å². The standard InChI is InChI=1S/C22H22ClF2NO5S2.C21H22ClF2NO5S2.2C20H20ClF2NO5S2/c23-14-1-5-16(6-2-14)32(27,28)22-10-9-17(33(29,30)26-15-3-4-15)11-13(22)12-31-21-19(25)8-7-18(24)20(21)22;1-25(2)32(28,29)16-9-10-21(31(26,27)15-5-3-14(22)4-6-15)13(11-16)12-30-20-18(24)8-7-17(23)19(20)21;2*1-24-31(27,28)15-8-9-20(30(25,26)14-4-2-13(21)3-5-14)12(10-15)11-29-19-17(23)7-6-16(22)18(19)20/h1-2,5-8,13,15,17,26H,3-4,9-12H2;3-8,13,16H,9-12H2,1-2H3;2*2-7,12,15,24H,8-11H2,1H3/t13-,17+,22+;13-,16+,21+;12-,15+,20+;12-,15-,20+/m1111/s1. The molecule has 8 aromatic rings. The Balaban J connectivity index is 0.000000137. The third-order valence-corrected chi connectivity index (χ3v) is 45.3. The molecule has 0 saturated heterocycles. The van der Waals surface area contributed by atoms with Crippen LogP contribution in [0.3, 0.4) is 0 Å². The molecule has 0 aromatic heterocycles. The van der Waals surface area contributed by atoms with E-state index in [2.05, 4.69) is 14.2 Å². The van der Waals surface area contributed by atoms with Crippen LogP contribution in [0.1, 0.15) is 112 Å². The highest BCUT2D eigenvalue weighted by molar-refractivity contribution is 7.94. The van der Waals surface area contributed by atoms with Gasteiger partial charge in [0.05, 0.1) is 89.3 Å². The number of hydrogen-bond donors (Lipinski definition) is 3. The van der Waals surface area contributed by atoms with Gasteiger partial charge < -0.3 is 18.9 Å². The van der Waals surface area contributed by atoms with Crippen molar-refractivity contribution in [3.05, 3.63) is 234 Å². The highest BCUT2D eigenvalue weighted by Gasteiger charge is 2.66. The number of benzene rings is 8. The van der Waals surface area contributed by atoms with Gasteiger partial charge in [-0.25, -0.2) is 121 Å². The van der Waals surface area contributed by atoms with Gasteiger partial charge in [0, 0.05) is 63.9 Å². The minimum Gasteiger partial charge on any atom is -0.490 e. The van der Waals surface area contributed by atoms with Crippen molar-refractivity contribution < 1.29 is 121 Å². The van der Waals surface area contributed by atoms with Crippen molar-refractivity contribution in [1.82, 2.24) is 18.5 Å². The summed E-state index contributed by atoms with van der Waals surface area (Å²) in [6.45, 7) is -0.999. The van der Waals surface area contributed by atoms with E-state index in [9.17, 15) is 84.9 Å². The molecule has 0 amide bonds. The maximum Gasteiger partial charge on any atom is 0.216 e. The summed E-state index contributed by atoms with van der Waals surface area (Å²) in [5.41, 5.74) is -1.48. The van der Waals surface area contributed by atoms with Crippen LogP contribution in [0.2, 0.25) is 20.1 Å². The molecular weight excluding hydrogens is 1920 g/mol. The number of rotatable bonds is 17. The zero-order valence-corrected chi connectivity index (χ0v) is 77.2. The fourth-order valence-electron chi connectivity index (χ4n) is 19.5. The molecule has 5 saturated carbocycles. The maximum absolute atomic E-state index is 15.2. The van der Waals surface area contributed by atoms with Gasteiger partial charge in [-0.05, 0) is 250 Å². The lowest BCUT2D eigenvalue weighted by atomic mass is 9.73. The molecule has 9 aliphatic rings. The fourth-order valence-corrected chi connectivity index (χ4v) is 35.2. The van der Waals surface area contributed by atoms with Gasteiger partial charge in [-0.2, -0.15) is 0 Å². The monoisotopic (exact) mass is 2000 g/mol. The van der Waals surface area contributed by atoms with Crippen molar-refractivity contribution in [2.75, 3.05) is 54.6 Å². The molecule has 4 heterocycles. The van der Waals surface area contributed by atoms with E-state index in [1.165, 1.54) is 125 Å². The van der Waals surface area contributed by atoms with Gasteiger partial charge in [-0.15, -0.1) is 0 Å². The molecule has 12 atom stereocenters. The normalized spacial score (nSPS) is 26.2. The van der Waals surface area contributed by atoms with Gasteiger partial charge in [0.25, 0.3) is 0 Å². The predicted molar refractivity (Wildman–Crippen MR) is 457 cm³/mol. The van der Waals surface area contributed by atoms with Gasteiger partial charge in [0.15, 0.2) is 85.6 Å². The second-order valence-corrected chi connectivity index (χ2v) is 52.0. The minimum absolute atomic E-state index is 0.0131. The highest BCUT2D eigenvalue weighted by Crippen LogP contribution is 2.63. The van der Waals surface area contributed by atoms with Crippen molar-refractivity contribution in [3.63, 3.8) is 0 Å². The maximum atomic E-state index is 15.2. The van der Waals surface area contributed by atoms with E-state index in [-0.39, 0.29) is 151 Å². The summed E-state index contributed by atoms with van der Waals surface area (Å²) in [4.78, 5) is -0.398. The first-order valence-electron chi connectivity index (χ1n) is 39.8. The first kappa shape index (κ1) is 96.1. The van der Waals surface area contributed by atoms with E-state index in [0.717, 1.165) is 65.7 Å². The lowest BCUT2D eigenvalue weighted by Crippen LogP contribution is -2.55. The smallest absolute Gasteiger partial charge is 0.216 e. The van der Waals surface area contributed by atoms with Crippen LogP contribution in [0.25, 0.3) is 0 Å². The number of ether oxygens (including phenoxy) is 4. The van der Waals surface area contributed by atoms with Crippen molar-refractivity contribution in [3.8, 4) is 23.0 Å². The van der Waals surface area contributed by atoms with Crippen LogP contribution in [0.4, 0.5) is 35.1 Å². The molecule has 4 aliphatic heterocycles. The van der Waals surface area contributed by atoms with E-state index >= 15 is 17.6 Å². The third kappa shape index (κ3) is 16.6. The number of halogens is 12. The Labute approximate surface area is 751 Å². The molecule has 0 radical (unpaired) electrons. The molecule has 127 heavy (non-hydrogen) atoms. The van der Waals surface area contributed by atoms with Crippen LogP contribution in [0.5, 0.6) is 23.0 Å². The molecule has 44 heteroatoms. The van der Waals surface area contributed by atoms with Gasteiger partial charge >= 0.3 is 0 Å². The quantitative estimate of drug-likeness (QED) is 0.0713. The summed E-state index contributed by atoms with van der Waals surface area (Å²) in [6.07, 6.45) is 0.354. The molecule has 17 rings (SSSR count). The average Bonchev–Trinajstić information content (AvgIpc) is 0.905. The minimum atomic E-state index is -4.30. The van der Waals surface area contributed by atoms with Crippen LogP contribution in [-0.4, -0.2) is 153 Å². The number of sulfone groups is 4. The van der Waals surface area contributed by atoms with Gasteiger partial charge in [0.1, 0.15) is 42.3 Å². The summed E-state index contributed by atoms with van der Waals surface area (Å²) in [5.74, 6) is -12.4. The van der Waals surface area contributed by atoms with E-state index < -0.39 is 213 Å².